The van der Waals surface area contributed by atoms with Crippen LogP contribution in [-0.4, -0.2) is 57.3 Å². The Labute approximate surface area is 251 Å². The normalized spacial score (nSPS) is 15.4. The summed E-state index contributed by atoms with van der Waals surface area (Å²) in [5.41, 5.74) is 0. The van der Waals surface area contributed by atoms with Crippen LogP contribution < -0.4 is 5.32 Å². The Morgan fingerprint density at radius 1 is 0.585 bits per heavy atom. The number of hydrogen-bond acceptors (Lipinski definition) is 5. The molecule has 0 aliphatic heterocycles. The van der Waals surface area contributed by atoms with Gasteiger partial charge in [-0.2, -0.15) is 0 Å². The smallest absolute Gasteiger partial charge is 0.249 e. The molecule has 0 fully saturated rings. The fraction of sp³-hybridized carbons (Fsp3) is 0.743. The number of carbonyl (C=O) groups excluding carboxylic acids is 1. The maximum Gasteiger partial charge on any atom is 0.249 e. The molecule has 4 atom stereocenters. The molecule has 0 bridgehead atoms. The van der Waals surface area contributed by atoms with Crippen molar-refractivity contribution in [2.75, 3.05) is 6.61 Å². The Morgan fingerprint density at radius 3 is 1.61 bits per heavy atom. The van der Waals surface area contributed by atoms with E-state index >= 15 is 0 Å². The molecule has 238 valence electrons. The number of aliphatic hydroxyl groups is 4. The van der Waals surface area contributed by atoms with Crippen molar-refractivity contribution < 1.29 is 25.2 Å². The monoisotopic (exact) mass is 577 g/mol. The average Bonchev–Trinajstić information content (AvgIpc) is 2.98. The third-order valence-electron chi connectivity index (χ3n) is 7.20. The maximum atomic E-state index is 12.4. The number of rotatable bonds is 28. The first-order chi connectivity index (χ1) is 20.0. The maximum absolute atomic E-state index is 12.4. The van der Waals surface area contributed by atoms with Crippen molar-refractivity contribution in [1.82, 2.24) is 5.32 Å². The summed E-state index contributed by atoms with van der Waals surface area (Å²) < 4.78 is 0. The lowest BCUT2D eigenvalue weighted by Crippen LogP contribution is -2.53. The van der Waals surface area contributed by atoms with Crippen LogP contribution >= 0.6 is 0 Å². The molecule has 0 saturated heterocycles. The van der Waals surface area contributed by atoms with E-state index in [0.717, 1.165) is 77.0 Å². The quantitative estimate of drug-likeness (QED) is 0.0498. The van der Waals surface area contributed by atoms with Crippen molar-refractivity contribution in [2.24, 2.45) is 0 Å². The summed E-state index contributed by atoms with van der Waals surface area (Å²) in [5, 5.41) is 43.2. The number of nitrogens with one attached hydrogen (secondary N) is 1. The van der Waals surface area contributed by atoms with Crippen LogP contribution in [0.4, 0.5) is 0 Å². The fourth-order valence-electron chi connectivity index (χ4n) is 4.49. The molecule has 0 aromatic carbocycles. The minimum atomic E-state index is -1.29. The lowest BCUT2D eigenvalue weighted by molar-refractivity contribution is -0.132. The molecule has 0 heterocycles. The number of amides is 1. The molecule has 1 amide bonds. The highest BCUT2D eigenvalue weighted by Gasteiger charge is 2.28. The molecule has 0 aliphatic carbocycles. The van der Waals surface area contributed by atoms with E-state index in [1.54, 1.807) is 0 Å². The van der Waals surface area contributed by atoms with E-state index in [-0.39, 0.29) is 0 Å². The van der Waals surface area contributed by atoms with Crippen LogP contribution in [-0.2, 0) is 4.79 Å². The molecule has 0 aromatic heterocycles. The van der Waals surface area contributed by atoms with Gasteiger partial charge in [-0.15, -0.1) is 0 Å². The van der Waals surface area contributed by atoms with Crippen molar-refractivity contribution in [1.29, 1.82) is 0 Å². The molecule has 41 heavy (non-hydrogen) atoms. The van der Waals surface area contributed by atoms with Crippen LogP contribution in [0.1, 0.15) is 136 Å². The van der Waals surface area contributed by atoms with Gasteiger partial charge < -0.3 is 25.7 Å². The third-order valence-corrected chi connectivity index (χ3v) is 7.20. The van der Waals surface area contributed by atoms with Crippen LogP contribution in [0.5, 0.6) is 0 Å². The summed E-state index contributed by atoms with van der Waals surface area (Å²) >= 11 is 0. The van der Waals surface area contributed by atoms with Crippen molar-refractivity contribution >= 4 is 5.91 Å². The summed E-state index contributed by atoms with van der Waals surface area (Å²) in [5.74, 6) is -0.616. The molecule has 5 N–H and O–H groups in total. The zero-order valence-corrected chi connectivity index (χ0v) is 26.3. The summed E-state index contributed by atoms with van der Waals surface area (Å²) in [7, 11) is 0. The fourth-order valence-corrected chi connectivity index (χ4v) is 4.49. The number of unbranched alkanes of at least 4 members (excludes halogenated alkanes) is 11. The second kappa shape index (κ2) is 29.8. The molecule has 0 spiro atoms. The van der Waals surface area contributed by atoms with Crippen molar-refractivity contribution in [3.05, 3.63) is 48.6 Å². The first-order valence-corrected chi connectivity index (χ1v) is 16.5. The molecule has 0 saturated carbocycles. The van der Waals surface area contributed by atoms with Gasteiger partial charge in [-0.3, -0.25) is 4.79 Å². The molecule has 6 heteroatoms. The Hall–Kier alpha value is -1.73. The number of carbonyl (C=O) groups is 1. The van der Waals surface area contributed by atoms with Gasteiger partial charge in [0.25, 0.3) is 0 Å². The van der Waals surface area contributed by atoms with E-state index in [4.69, 9.17) is 0 Å². The van der Waals surface area contributed by atoms with E-state index in [0.29, 0.717) is 19.3 Å². The van der Waals surface area contributed by atoms with Gasteiger partial charge in [-0.1, -0.05) is 101 Å². The van der Waals surface area contributed by atoms with Gasteiger partial charge in [0, 0.05) is 0 Å². The minimum absolute atomic E-state index is 0.341. The van der Waals surface area contributed by atoms with E-state index in [9.17, 15) is 25.2 Å². The average molecular weight is 578 g/mol. The Kier molecular flexibility index (Phi) is 28.5. The highest BCUT2D eigenvalue weighted by molar-refractivity contribution is 5.80. The van der Waals surface area contributed by atoms with Gasteiger partial charge in [-0.05, 0) is 83.5 Å². The summed E-state index contributed by atoms with van der Waals surface area (Å²) in [6.07, 6.45) is 32.7. The second-order valence-electron chi connectivity index (χ2n) is 11.1. The number of aliphatic hydroxyl groups excluding tert-OH is 4. The molecule has 0 rings (SSSR count). The van der Waals surface area contributed by atoms with Crippen molar-refractivity contribution in [2.45, 2.75) is 160 Å². The standard InChI is InChI=1S/C35H63NO5/c1-3-5-7-9-11-13-15-16-17-19-20-22-24-26-28-32(38)34(40)31(30-37)36-35(41)33(39)29-27-25-23-21-18-14-12-10-8-6-4-2/h7,9,12,14-16,20,22,31-34,37-40H,3-6,8,10-11,13,17-19,21,23-30H2,1-2H3,(H,36,41)/b9-7+,14-12-,16-15+,22-20+. The zero-order chi connectivity index (χ0) is 30.4. The summed E-state index contributed by atoms with van der Waals surface area (Å²) in [6.45, 7) is 3.89. The summed E-state index contributed by atoms with van der Waals surface area (Å²) in [4.78, 5) is 12.4. The molecular weight excluding hydrogens is 514 g/mol. The Morgan fingerprint density at radius 2 is 1.07 bits per heavy atom. The largest absolute Gasteiger partial charge is 0.394 e. The molecule has 0 radical (unpaired) electrons. The first kappa shape index (κ1) is 39.3. The number of allylic oxidation sites excluding steroid dienone is 8. The van der Waals surface area contributed by atoms with Crippen LogP contribution in [0.3, 0.4) is 0 Å². The van der Waals surface area contributed by atoms with E-state index in [2.05, 4.69) is 67.8 Å². The van der Waals surface area contributed by atoms with Gasteiger partial charge >= 0.3 is 0 Å². The lowest BCUT2D eigenvalue weighted by atomic mass is 10.00. The minimum Gasteiger partial charge on any atom is -0.394 e. The van der Waals surface area contributed by atoms with Gasteiger partial charge in [0.2, 0.25) is 5.91 Å². The van der Waals surface area contributed by atoms with Crippen molar-refractivity contribution in [3.8, 4) is 0 Å². The molecule has 0 aliphatic rings. The third kappa shape index (κ3) is 24.6. The van der Waals surface area contributed by atoms with Crippen LogP contribution in [0.25, 0.3) is 0 Å². The van der Waals surface area contributed by atoms with Crippen LogP contribution in [0.2, 0.25) is 0 Å². The Balaban J connectivity index is 4.01. The molecular formula is C35H63NO5. The van der Waals surface area contributed by atoms with Crippen LogP contribution in [0, 0.1) is 0 Å². The number of hydrogen-bond donors (Lipinski definition) is 5. The van der Waals surface area contributed by atoms with Gasteiger partial charge in [-0.25, -0.2) is 0 Å². The molecule has 6 nitrogen and oxygen atoms in total. The van der Waals surface area contributed by atoms with Crippen LogP contribution in [0.15, 0.2) is 48.6 Å². The van der Waals surface area contributed by atoms with Gasteiger partial charge in [0.05, 0.1) is 18.8 Å². The lowest BCUT2D eigenvalue weighted by Gasteiger charge is -2.27. The predicted molar refractivity (Wildman–Crippen MR) is 173 cm³/mol. The topological polar surface area (TPSA) is 110 Å². The van der Waals surface area contributed by atoms with Gasteiger partial charge in [0.15, 0.2) is 0 Å². The SMILES string of the molecule is CCC/C=C/CC/C=C/CC/C=C/CCCC(O)C(O)C(CO)NC(=O)C(O)CCCCCC/C=C\CCCCC. The van der Waals surface area contributed by atoms with Crippen molar-refractivity contribution in [3.63, 3.8) is 0 Å². The van der Waals surface area contributed by atoms with E-state index in [1.807, 2.05) is 0 Å². The molecule has 4 unspecified atom stereocenters. The highest BCUT2D eigenvalue weighted by atomic mass is 16.3. The molecule has 0 aromatic rings. The van der Waals surface area contributed by atoms with E-state index < -0.39 is 36.9 Å². The predicted octanol–water partition coefficient (Wildman–Crippen LogP) is 7.22. The first-order valence-electron chi connectivity index (χ1n) is 16.5. The Bertz CT molecular complexity index is 703. The van der Waals surface area contributed by atoms with E-state index in [1.165, 1.54) is 25.7 Å². The summed E-state index contributed by atoms with van der Waals surface area (Å²) in [6, 6.07) is -1.01. The highest BCUT2D eigenvalue weighted by Crippen LogP contribution is 2.12. The zero-order valence-electron chi connectivity index (χ0n) is 26.3. The van der Waals surface area contributed by atoms with Gasteiger partial charge in [0.1, 0.15) is 12.2 Å². The second-order valence-corrected chi connectivity index (χ2v) is 11.1.